The predicted octanol–water partition coefficient (Wildman–Crippen LogP) is 5.85. The molecule has 0 radical (unpaired) electrons. The lowest BCUT2D eigenvalue weighted by Crippen LogP contribution is -2.21. The average molecular weight is 524 g/mol. The van der Waals surface area contributed by atoms with Crippen LogP contribution in [-0.2, 0) is 5.41 Å². The van der Waals surface area contributed by atoms with Crippen LogP contribution in [-0.4, -0.2) is 30.8 Å². The maximum atomic E-state index is 13.0. The number of amides is 2. The summed E-state index contributed by atoms with van der Waals surface area (Å²) in [6.45, 7) is 9.85. The molecule has 39 heavy (non-hydrogen) atoms. The van der Waals surface area contributed by atoms with Gasteiger partial charge >= 0.3 is 6.03 Å². The van der Waals surface area contributed by atoms with Gasteiger partial charge in [-0.25, -0.2) is 19.4 Å². The predicted molar refractivity (Wildman–Crippen MR) is 151 cm³/mol. The number of fused-ring (bicyclic) bond motifs is 1. The van der Waals surface area contributed by atoms with Crippen LogP contribution in [0.2, 0.25) is 0 Å². The van der Waals surface area contributed by atoms with Gasteiger partial charge in [-0.15, -0.1) is 0 Å². The summed E-state index contributed by atoms with van der Waals surface area (Å²) in [7, 11) is 0. The van der Waals surface area contributed by atoms with E-state index in [2.05, 4.69) is 46.4 Å². The summed E-state index contributed by atoms with van der Waals surface area (Å²) in [6, 6.07) is 18.0. The minimum atomic E-state index is -0.431. The number of aromatic nitrogens is 5. The van der Waals surface area contributed by atoms with Crippen molar-refractivity contribution in [1.82, 2.24) is 24.7 Å². The van der Waals surface area contributed by atoms with Gasteiger partial charge in [0, 0.05) is 35.5 Å². The van der Waals surface area contributed by atoms with E-state index in [1.54, 1.807) is 48.1 Å². The van der Waals surface area contributed by atoms with Crippen molar-refractivity contribution in [3.63, 3.8) is 0 Å². The molecule has 5 aromatic rings. The summed E-state index contributed by atoms with van der Waals surface area (Å²) in [5.74, 6) is 1.40. The molecule has 10 heteroatoms. The molecule has 5 rings (SSSR count). The van der Waals surface area contributed by atoms with Crippen LogP contribution in [0.15, 0.2) is 71.7 Å². The largest absolute Gasteiger partial charge is 0.455 e. The number of urea groups is 1. The highest BCUT2D eigenvalue weighted by Crippen LogP contribution is 2.29. The van der Waals surface area contributed by atoms with Crippen LogP contribution in [0, 0.1) is 13.8 Å². The number of aryl methyl sites for hydroxylation is 2. The fourth-order valence-corrected chi connectivity index (χ4v) is 3.90. The molecular weight excluding hydrogens is 494 g/mol. The van der Waals surface area contributed by atoms with Gasteiger partial charge in [0.05, 0.1) is 11.4 Å². The zero-order valence-corrected chi connectivity index (χ0v) is 22.4. The van der Waals surface area contributed by atoms with Crippen molar-refractivity contribution in [3.8, 4) is 17.2 Å². The molecule has 198 valence electrons. The Kier molecular flexibility index (Phi) is 6.61. The first-order valence-electron chi connectivity index (χ1n) is 12.5. The topological polar surface area (TPSA) is 127 Å². The number of pyridine rings is 1. The SMILES string of the molecule is Cc1ccc(-n2nc(C(C)(C)C)cc2NC(=O)Nc2cccc(Oc3ccnc4nc(C)c(=O)[nH]c34)c2)cc1. The van der Waals surface area contributed by atoms with Crippen LogP contribution in [0.25, 0.3) is 16.9 Å². The van der Waals surface area contributed by atoms with E-state index in [-0.39, 0.29) is 11.0 Å². The molecule has 0 saturated carbocycles. The summed E-state index contributed by atoms with van der Waals surface area (Å²) < 4.78 is 7.74. The number of hydrogen-bond acceptors (Lipinski definition) is 6. The minimum absolute atomic E-state index is 0.204. The van der Waals surface area contributed by atoms with Crippen molar-refractivity contribution in [2.24, 2.45) is 0 Å². The van der Waals surface area contributed by atoms with Crippen molar-refractivity contribution in [2.75, 3.05) is 10.6 Å². The lowest BCUT2D eigenvalue weighted by molar-refractivity contribution is 0.262. The van der Waals surface area contributed by atoms with Crippen molar-refractivity contribution in [2.45, 2.75) is 40.0 Å². The molecule has 3 heterocycles. The van der Waals surface area contributed by atoms with E-state index in [1.807, 2.05) is 37.3 Å². The van der Waals surface area contributed by atoms with E-state index < -0.39 is 6.03 Å². The van der Waals surface area contributed by atoms with Gasteiger partial charge in [-0.3, -0.25) is 10.1 Å². The first-order chi connectivity index (χ1) is 18.6. The normalized spacial score (nSPS) is 11.4. The van der Waals surface area contributed by atoms with Gasteiger partial charge in [0.2, 0.25) is 0 Å². The summed E-state index contributed by atoms with van der Waals surface area (Å²) in [5.41, 5.74) is 3.91. The molecule has 0 atom stereocenters. The van der Waals surface area contributed by atoms with E-state index in [0.29, 0.717) is 39.9 Å². The Morgan fingerprint density at radius 3 is 2.51 bits per heavy atom. The van der Waals surface area contributed by atoms with Gasteiger partial charge in [-0.1, -0.05) is 44.5 Å². The molecule has 3 N–H and O–H groups in total. The van der Waals surface area contributed by atoms with Gasteiger partial charge in [0.1, 0.15) is 22.8 Å². The number of benzene rings is 2. The van der Waals surface area contributed by atoms with Crippen LogP contribution < -0.4 is 20.9 Å². The van der Waals surface area contributed by atoms with Crippen LogP contribution in [0.4, 0.5) is 16.3 Å². The fourth-order valence-electron chi connectivity index (χ4n) is 3.90. The van der Waals surface area contributed by atoms with Crippen LogP contribution in [0.3, 0.4) is 0 Å². The number of hydrogen-bond donors (Lipinski definition) is 3. The third kappa shape index (κ3) is 5.64. The quantitative estimate of drug-likeness (QED) is 0.265. The number of anilines is 2. The number of ether oxygens (including phenoxy) is 1. The number of aromatic amines is 1. The van der Waals surface area contributed by atoms with Crippen molar-refractivity contribution in [1.29, 1.82) is 0 Å². The Hall–Kier alpha value is -4.99. The number of nitrogens with zero attached hydrogens (tertiary/aromatic N) is 4. The number of H-pyrrole nitrogens is 1. The summed E-state index contributed by atoms with van der Waals surface area (Å²) in [6.07, 6.45) is 1.56. The molecular formula is C29H29N7O3. The zero-order chi connectivity index (χ0) is 27.7. The van der Waals surface area contributed by atoms with Gasteiger partial charge in [0.25, 0.3) is 5.56 Å². The van der Waals surface area contributed by atoms with Gasteiger partial charge in [-0.05, 0) is 38.1 Å². The summed E-state index contributed by atoms with van der Waals surface area (Å²) in [5, 5.41) is 10.5. The number of nitrogens with one attached hydrogen (secondary N) is 3. The molecule has 2 aromatic carbocycles. The fraction of sp³-hybridized carbons (Fsp3) is 0.207. The second-order valence-electron chi connectivity index (χ2n) is 10.3. The number of carbonyl (C=O) groups is 1. The molecule has 0 unspecified atom stereocenters. The zero-order valence-electron chi connectivity index (χ0n) is 22.4. The number of rotatable bonds is 5. The molecule has 0 aliphatic heterocycles. The third-order valence-corrected chi connectivity index (χ3v) is 6.05. The Labute approximate surface area is 225 Å². The van der Waals surface area contributed by atoms with E-state index in [1.165, 1.54) is 0 Å². The van der Waals surface area contributed by atoms with E-state index in [9.17, 15) is 9.59 Å². The molecule has 0 aliphatic rings. The first kappa shape index (κ1) is 25.7. The monoisotopic (exact) mass is 523 g/mol. The lowest BCUT2D eigenvalue weighted by atomic mass is 9.92. The van der Waals surface area contributed by atoms with E-state index in [4.69, 9.17) is 9.84 Å². The maximum Gasteiger partial charge on any atom is 0.324 e. The Morgan fingerprint density at radius 2 is 1.77 bits per heavy atom. The van der Waals surface area contributed by atoms with Gasteiger partial charge in [-0.2, -0.15) is 5.10 Å². The summed E-state index contributed by atoms with van der Waals surface area (Å²) in [4.78, 5) is 36.3. The van der Waals surface area contributed by atoms with Crippen LogP contribution >= 0.6 is 0 Å². The standard InChI is InChI=1S/C29H29N7O3/c1-17-9-11-20(12-10-17)36-24(16-23(35-36)29(3,4)5)33-28(38)32-19-7-6-8-21(15-19)39-22-13-14-30-26-25(22)34-27(37)18(2)31-26/h6-16H,1-5H3,(H,34,37)(H2,32,33,38). The molecule has 2 amide bonds. The first-order valence-corrected chi connectivity index (χ1v) is 12.5. The second kappa shape index (κ2) is 10.1. The van der Waals surface area contributed by atoms with Crippen molar-refractivity contribution >= 4 is 28.7 Å². The van der Waals surface area contributed by atoms with E-state index >= 15 is 0 Å². The second-order valence-corrected chi connectivity index (χ2v) is 10.3. The smallest absolute Gasteiger partial charge is 0.324 e. The molecule has 0 saturated heterocycles. The van der Waals surface area contributed by atoms with Crippen LogP contribution in [0.5, 0.6) is 11.5 Å². The highest BCUT2D eigenvalue weighted by atomic mass is 16.5. The highest BCUT2D eigenvalue weighted by Gasteiger charge is 2.21. The van der Waals surface area contributed by atoms with Crippen molar-refractivity contribution in [3.05, 3.63) is 94.2 Å². The summed E-state index contributed by atoms with van der Waals surface area (Å²) >= 11 is 0. The molecule has 3 aromatic heterocycles. The third-order valence-electron chi connectivity index (χ3n) is 6.05. The van der Waals surface area contributed by atoms with Gasteiger partial charge in [0.15, 0.2) is 11.4 Å². The molecule has 10 nitrogen and oxygen atoms in total. The Morgan fingerprint density at radius 1 is 1.00 bits per heavy atom. The van der Waals surface area contributed by atoms with Crippen LogP contribution in [0.1, 0.15) is 37.7 Å². The average Bonchev–Trinajstić information content (AvgIpc) is 3.30. The Bertz CT molecular complexity index is 1730. The molecule has 0 bridgehead atoms. The number of carbonyl (C=O) groups excluding carboxylic acids is 1. The van der Waals surface area contributed by atoms with Gasteiger partial charge < -0.3 is 15.0 Å². The van der Waals surface area contributed by atoms with Crippen molar-refractivity contribution < 1.29 is 9.53 Å². The molecule has 0 aliphatic carbocycles. The maximum absolute atomic E-state index is 13.0. The molecule has 0 spiro atoms. The van der Waals surface area contributed by atoms with E-state index in [0.717, 1.165) is 16.9 Å². The minimum Gasteiger partial charge on any atom is -0.455 e. The Balaban J connectivity index is 1.37. The molecule has 0 fully saturated rings. The lowest BCUT2D eigenvalue weighted by Gasteiger charge is -2.14. The highest BCUT2D eigenvalue weighted by molar-refractivity contribution is 5.99.